The molecule has 0 aliphatic heterocycles. The third-order valence-electron chi connectivity index (χ3n) is 4.22. The second kappa shape index (κ2) is 9.55. The van der Waals surface area contributed by atoms with Gasteiger partial charge in [-0.2, -0.15) is 4.98 Å². The maximum absolute atomic E-state index is 12.4. The molecule has 2 heterocycles. The minimum Gasteiger partial charge on any atom is -0.347 e. The predicted octanol–water partition coefficient (Wildman–Crippen LogP) is 5.22. The van der Waals surface area contributed by atoms with Crippen molar-refractivity contribution in [2.75, 3.05) is 23.0 Å². The lowest BCUT2D eigenvalue weighted by atomic mass is 10.2. The van der Waals surface area contributed by atoms with Crippen LogP contribution in [0.1, 0.15) is 5.56 Å². The summed E-state index contributed by atoms with van der Waals surface area (Å²) in [5.74, 6) is 0.158. The predicted molar refractivity (Wildman–Crippen MR) is 127 cm³/mol. The molecule has 2 aromatic carbocycles. The first-order chi connectivity index (χ1) is 14.6. The Kier molecular flexibility index (Phi) is 6.61. The molecule has 6 nitrogen and oxygen atoms in total. The number of fused-ring (bicyclic) bond motifs is 1. The Bertz CT molecular complexity index is 1170. The monoisotopic (exact) mass is 499 g/mol. The Hall–Kier alpha value is -2.49. The van der Waals surface area contributed by atoms with Crippen molar-refractivity contribution in [1.82, 2.24) is 15.0 Å². The van der Waals surface area contributed by atoms with Crippen LogP contribution in [0.4, 0.5) is 10.8 Å². The number of nitrogens with zero attached hydrogens (tertiary/aromatic N) is 4. The van der Waals surface area contributed by atoms with Gasteiger partial charge in [0.25, 0.3) is 0 Å². The van der Waals surface area contributed by atoms with E-state index in [1.54, 1.807) is 0 Å². The Labute approximate surface area is 190 Å². The zero-order valence-corrected chi connectivity index (χ0v) is 19.3. The van der Waals surface area contributed by atoms with Gasteiger partial charge in [0.05, 0.1) is 11.4 Å². The number of hydrogen-bond acceptors (Lipinski definition) is 7. The van der Waals surface area contributed by atoms with Crippen LogP contribution in [0.25, 0.3) is 10.3 Å². The molecule has 4 rings (SSSR count). The molecule has 0 saturated carbocycles. The van der Waals surface area contributed by atoms with Crippen LogP contribution >= 0.6 is 39.0 Å². The molecule has 0 spiro atoms. The van der Waals surface area contributed by atoms with Gasteiger partial charge in [0.15, 0.2) is 10.8 Å². The molecular weight excluding hydrogens is 482 g/mol. The molecular formula is C21H18BrN5OS2. The SMILES string of the molecule is CN(Cc1ccccc1)c1nc2ncnc(SCC(=O)Nc3ccccc3Br)c2s1. The van der Waals surface area contributed by atoms with Gasteiger partial charge in [0.2, 0.25) is 5.91 Å². The summed E-state index contributed by atoms with van der Waals surface area (Å²) in [6.45, 7) is 0.755. The first kappa shape index (κ1) is 20.8. The number of hydrogen-bond donors (Lipinski definition) is 1. The third kappa shape index (κ3) is 4.97. The molecule has 30 heavy (non-hydrogen) atoms. The molecule has 0 unspecified atom stereocenters. The molecule has 0 radical (unpaired) electrons. The summed E-state index contributed by atoms with van der Waals surface area (Å²) in [6.07, 6.45) is 1.50. The zero-order chi connectivity index (χ0) is 20.9. The van der Waals surface area contributed by atoms with Crippen molar-refractivity contribution in [2.45, 2.75) is 11.6 Å². The maximum Gasteiger partial charge on any atom is 0.234 e. The number of carbonyl (C=O) groups is 1. The maximum atomic E-state index is 12.4. The van der Waals surface area contributed by atoms with Gasteiger partial charge in [-0.25, -0.2) is 9.97 Å². The van der Waals surface area contributed by atoms with Gasteiger partial charge < -0.3 is 10.2 Å². The Balaban J connectivity index is 1.45. The van der Waals surface area contributed by atoms with Gasteiger partial charge in [-0.1, -0.05) is 65.6 Å². The molecule has 0 aliphatic rings. The fraction of sp³-hybridized carbons (Fsp3) is 0.143. The summed E-state index contributed by atoms with van der Waals surface area (Å²) in [7, 11) is 2.01. The first-order valence-electron chi connectivity index (χ1n) is 9.14. The van der Waals surface area contributed by atoms with Gasteiger partial charge in [0.1, 0.15) is 16.1 Å². The van der Waals surface area contributed by atoms with Gasteiger partial charge in [-0.15, -0.1) is 0 Å². The van der Waals surface area contributed by atoms with Crippen molar-refractivity contribution in [3.05, 3.63) is 71.0 Å². The standard InChI is InChI=1S/C21H18BrN5OS2/c1-27(11-14-7-3-2-4-8-14)21-26-19-18(30-21)20(24-13-23-19)29-12-17(28)25-16-10-6-5-9-15(16)22/h2-10,13H,11-12H2,1H3,(H,25,28). The number of amides is 1. The largest absolute Gasteiger partial charge is 0.347 e. The smallest absolute Gasteiger partial charge is 0.234 e. The molecule has 0 aliphatic carbocycles. The van der Waals surface area contributed by atoms with Crippen LogP contribution < -0.4 is 10.2 Å². The van der Waals surface area contributed by atoms with Crippen LogP contribution in [0.5, 0.6) is 0 Å². The topological polar surface area (TPSA) is 71.0 Å². The molecule has 1 N–H and O–H groups in total. The molecule has 4 aromatic rings. The van der Waals surface area contributed by atoms with Crippen LogP contribution in [-0.2, 0) is 11.3 Å². The first-order valence-corrected chi connectivity index (χ1v) is 11.7. The van der Waals surface area contributed by atoms with E-state index in [9.17, 15) is 4.79 Å². The summed E-state index contributed by atoms with van der Waals surface area (Å²) < 4.78 is 1.74. The molecule has 0 fully saturated rings. The average Bonchev–Trinajstić information content (AvgIpc) is 3.20. The second-order valence-corrected chi connectivity index (χ2v) is 9.28. The lowest BCUT2D eigenvalue weighted by Crippen LogP contribution is -2.15. The van der Waals surface area contributed by atoms with Crippen molar-refractivity contribution >= 4 is 66.1 Å². The highest BCUT2D eigenvalue weighted by atomic mass is 79.9. The van der Waals surface area contributed by atoms with Crippen molar-refractivity contribution in [2.24, 2.45) is 0 Å². The second-order valence-electron chi connectivity index (χ2n) is 6.49. The van der Waals surface area contributed by atoms with E-state index < -0.39 is 0 Å². The van der Waals surface area contributed by atoms with E-state index in [0.29, 0.717) is 5.65 Å². The number of nitrogens with one attached hydrogen (secondary N) is 1. The Morgan fingerprint density at radius 1 is 1.13 bits per heavy atom. The highest BCUT2D eigenvalue weighted by Crippen LogP contribution is 2.34. The quantitative estimate of drug-likeness (QED) is 0.277. The van der Waals surface area contributed by atoms with E-state index in [0.717, 1.165) is 31.6 Å². The fourth-order valence-corrected chi connectivity index (χ4v) is 5.03. The summed E-state index contributed by atoms with van der Waals surface area (Å²) in [5.41, 5.74) is 2.61. The number of benzene rings is 2. The van der Waals surface area contributed by atoms with E-state index in [2.05, 4.69) is 53.2 Å². The fourth-order valence-electron chi connectivity index (χ4n) is 2.80. The number of rotatable bonds is 7. The van der Waals surface area contributed by atoms with Crippen molar-refractivity contribution in [1.29, 1.82) is 0 Å². The lowest BCUT2D eigenvalue weighted by molar-refractivity contribution is -0.113. The molecule has 9 heteroatoms. The molecule has 0 saturated heterocycles. The van der Waals surface area contributed by atoms with E-state index in [1.807, 2.05) is 49.5 Å². The number of aromatic nitrogens is 3. The van der Waals surface area contributed by atoms with Crippen LogP contribution in [0.15, 0.2) is 70.4 Å². The normalized spacial score (nSPS) is 10.9. The van der Waals surface area contributed by atoms with Crippen molar-refractivity contribution in [3.63, 3.8) is 0 Å². The Morgan fingerprint density at radius 3 is 2.70 bits per heavy atom. The average molecular weight is 500 g/mol. The number of anilines is 2. The van der Waals surface area contributed by atoms with E-state index in [-0.39, 0.29) is 11.7 Å². The number of para-hydroxylation sites is 1. The minimum absolute atomic E-state index is 0.0930. The summed E-state index contributed by atoms with van der Waals surface area (Å²) in [4.78, 5) is 27.8. The zero-order valence-electron chi connectivity index (χ0n) is 16.1. The molecule has 152 valence electrons. The highest BCUT2D eigenvalue weighted by molar-refractivity contribution is 9.10. The summed E-state index contributed by atoms with van der Waals surface area (Å²) >= 11 is 6.36. The number of halogens is 1. The molecule has 1 amide bonds. The third-order valence-corrected chi connectivity index (χ3v) is 7.20. The van der Waals surface area contributed by atoms with Crippen LogP contribution in [-0.4, -0.2) is 33.7 Å². The summed E-state index contributed by atoms with van der Waals surface area (Å²) in [6, 6.07) is 17.8. The van der Waals surface area contributed by atoms with E-state index in [1.165, 1.54) is 35.0 Å². The number of carbonyl (C=O) groups excluding carboxylic acids is 1. The molecule has 2 aromatic heterocycles. The van der Waals surface area contributed by atoms with Gasteiger partial charge >= 0.3 is 0 Å². The summed E-state index contributed by atoms with van der Waals surface area (Å²) in [5, 5.41) is 4.54. The molecule has 0 atom stereocenters. The van der Waals surface area contributed by atoms with Crippen LogP contribution in [0, 0.1) is 0 Å². The van der Waals surface area contributed by atoms with Gasteiger partial charge in [0, 0.05) is 18.1 Å². The minimum atomic E-state index is -0.0930. The molecule has 0 bridgehead atoms. The van der Waals surface area contributed by atoms with E-state index >= 15 is 0 Å². The van der Waals surface area contributed by atoms with Gasteiger partial charge in [-0.05, 0) is 33.6 Å². The van der Waals surface area contributed by atoms with Crippen molar-refractivity contribution < 1.29 is 4.79 Å². The lowest BCUT2D eigenvalue weighted by Gasteiger charge is -2.15. The number of thioether (sulfide) groups is 1. The van der Waals surface area contributed by atoms with Gasteiger partial charge in [-0.3, -0.25) is 4.79 Å². The van der Waals surface area contributed by atoms with E-state index in [4.69, 9.17) is 0 Å². The van der Waals surface area contributed by atoms with Crippen LogP contribution in [0.3, 0.4) is 0 Å². The van der Waals surface area contributed by atoms with Crippen LogP contribution in [0.2, 0.25) is 0 Å². The number of thiazole rings is 1. The van der Waals surface area contributed by atoms with Crippen molar-refractivity contribution in [3.8, 4) is 0 Å². The Morgan fingerprint density at radius 2 is 1.90 bits per heavy atom. The highest BCUT2D eigenvalue weighted by Gasteiger charge is 2.15.